The Morgan fingerprint density at radius 2 is 2.10 bits per heavy atom. The van der Waals surface area contributed by atoms with Gasteiger partial charge in [0.25, 0.3) is 5.91 Å². The highest BCUT2D eigenvalue weighted by Crippen LogP contribution is 2.35. The van der Waals surface area contributed by atoms with E-state index in [1.165, 1.54) is 23.0 Å². The Balaban J connectivity index is 1.53. The summed E-state index contributed by atoms with van der Waals surface area (Å²) in [6.07, 6.45) is 6.88. The summed E-state index contributed by atoms with van der Waals surface area (Å²) in [7, 11) is 1.93. The molecule has 0 unspecified atom stereocenters. The van der Waals surface area contributed by atoms with Crippen LogP contribution in [0.15, 0.2) is 42.6 Å². The smallest absolute Gasteiger partial charge is 0.261 e. The predicted molar refractivity (Wildman–Crippen MR) is 115 cm³/mol. The SMILES string of the molecule is CCc1cnn(C)c1-c1ccc(C(=O)N[C@@H]2CCCC[C@H]2c2cccc(F)c2)s1. The number of carbonyl (C=O) groups is 1. The number of hydrogen-bond donors (Lipinski definition) is 1. The number of nitrogens with zero attached hydrogens (tertiary/aromatic N) is 2. The van der Waals surface area contributed by atoms with Gasteiger partial charge in [-0.15, -0.1) is 11.3 Å². The van der Waals surface area contributed by atoms with Crippen molar-refractivity contribution in [1.29, 1.82) is 0 Å². The summed E-state index contributed by atoms with van der Waals surface area (Å²) >= 11 is 1.50. The fourth-order valence-electron chi connectivity index (χ4n) is 4.33. The van der Waals surface area contributed by atoms with Gasteiger partial charge in [-0.05, 0) is 54.7 Å². The van der Waals surface area contributed by atoms with Crippen molar-refractivity contribution in [1.82, 2.24) is 15.1 Å². The summed E-state index contributed by atoms with van der Waals surface area (Å²) in [5.41, 5.74) is 3.23. The highest BCUT2D eigenvalue weighted by Gasteiger charge is 2.29. The number of benzene rings is 1. The van der Waals surface area contributed by atoms with Crippen molar-refractivity contribution in [2.75, 3.05) is 0 Å². The lowest BCUT2D eigenvalue weighted by Crippen LogP contribution is -2.40. The Hall–Kier alpha value is -2.47. The predicted octanol–water partition coefficient (Wildman–Crippen LogP) is 5.31. The van der Waals surface area contributed by atoms with Gasteiger partial charge in [-0.2, -0.15) is 5.10 Å². The number of halogens is 1. The molecule has 1 saturated carbocycles. The van der Waals surface area contributed by atoms with Gasteiger partial charge in [0.05, 0.1) is 21.6 Å². The molecular formula is C23H26FN3OS. The van der Waals surface area contributed by atoms with Gasteiger partial charge in [0, 0.05) is 19.0 Å². The van der Waals surface area contributed by atoms with Crippen LogP contribution in [0.4, 0.5) is 4.39 Å². The number of thiophene rings is 1. The first-order valence-electron chi connectivity index (χ1n) is 10.2. The third kappa shape index (κ3) is 4.13. The maximum atomic E-state index is 13.7. The number of rotatable bonds is 5. The second kappa shape index (κ2) is 8.49. The summed E-state index contributed by atoms with van der Waals surface area (Å²) < 4.78 is 15.6. The standard InChI is InChI=1S/C23H26FN3OS/c1-3-15-14-25-27(2)22(15)20-11-12-21(29-20)23(28)26-19-10-5-4-9-18(19)16-7-6-8-17(24)13-16/h6-8,11-14,18-19H,3-5,9-10H2,1-2H3,(H,26,28)/t18-,19+/m0/s1. The van der Waals surface area contributed by atoms with E-state index in [1.807, 2.05) is 36.1 Å². The largest absolute Gasteiger partial charge is 0.348 e. The summed E-state index contributed by atoms with van der Waals surface area (Å²) in [6.45, 7) is 2.11. The molecular weight excluding hydrogens is 385 g/mol. The van der Waals surface area contributed by atoms with Crippen molar-refractivity contribution in [3.05, 3.63) is 64.4 Å². The molecule has 2 heterocycles. The van der Waals surface area contributed by atoms with E-state index < -0.39 is 0 Å². The van der Waals surface area contributed by atoms with E-state index >= 15 is 0 Å². The van der Waals surface area contributed by atoms with Gasteiger partial charge in [0.2, 0.25) is 0 Å². The number of nitrogens with one attached hydrogen (secondary N) is 1. The first-order valence-corrected chi connectivity index (χ1v) is 11.1. The number of aromatic nitrogens is 2. The van der Waals surface area contributed by atoms with Gasteiger partial charge in [-0.1, -0.05) is 31.9 Å². The third-order valence-corrected chi connectivity index (χ3v) is 6.91. The lowest BCUT2D eigenvalue weighted by Gasteiger charge is -2.32. The molecule has 3 aromatic rings. The van der Waals surface area contributed by atoms with Gasteiger partial charge in [-0.25, -0.2) is 4.39 Å². The average molecular weight is 412 g/mol. The Morgan fingerprint density at radius 3 is 2.90 bits per heavy atom. The molecule has 4 nitrogen and oxygen atoms in total. The van der Waals surface area contributed by atoms with Crippen LogP contribution in [0.3, 0.4) is 0 Å². The molecule has 2 aromatic heterocycles. The Morgan fingerprint density at radius 1 is 1.28 bits per heavy atom. The molecule has 6 heteroatoms. The molecule has 4 rings (SSSR count). The molecule has 2 atom stereocenters. The molecule has 1 aliphatic rings. The molecule has 152 valence electrons. The van der Waals surface area contributed by atoms with E-state index in [0.717, 1.165) is 48.2 Å². The molecule has 0 spiro atoms. The van der Waals surface area contributed by atoms with Crippen LogP contribution in [0.2, 0.25) is 0 Å². The Bertz CT molecular complexity index is 1010. The van der Waals surface area contributed by atoms with E-state index in [2.05, 4.69) is 17.3 Å². The van der Waals surface area contributed by atoms with Crippen molar-refractivity contribution in [3.8, 4) is 10.6 Å². The lowest BCUT2D eigenvalue weighted by atomic mass is 9.80. The maximum absolute atomic E-state index is 13.7. The van der Waals surface area contributed by atoms with Crippen molar-refractivity contribution < 1.29 is 9.18 Å². The highest BCUT2D eigenvalue weighted by atomic mass is 32.1. The zero-order valence-electron chi connectivity index (χ0n) is 16.8. The molecule has 0 saturated heterocycles. The second-order valence-electron chi connectivity index (χ2n) is 7.69. The van der Waals surface area contributed by atoms with Crippen LogP contribution in [-0.4, -0.2) is 21.7 Å². The van der Waals surface area contributed by atoms with Gasteiger partial charge in [0.15, 0.2) is 0 Å². The van der Waals surface area contributed by atoms with Crippen LogP contribution >= 0.6 is 11.3 Å². The molecule has 1 fully saturated rings. The molecule has 1 amide bonds. The van der Waals surface area contributed by atoms with Crippen LogP contribution in [0.25, 0.3) is 10.6 Å². The van der Waals surface area contributed by atoms with E-state index in [4.69, 9.17) is 0 Å². The zero-order chi connectivity index (χ0) is 20.4. The minimum atomic E-state index is -0.219. The summed E-state index contributed by atoms with van der Waals surface area (Å²) in [4.78, 5) is 14.7. The number of carbonyl (C=O) groups excluding carboxylic acids is 1. The maximum Gasteiger partial charge on any atom is 0.261 e. The number of hydrogen-bond acceptors (Lipinski definition) is 3. The van der Waals surface area contributed by atoms with E-state index in [9.17, 15) is 9.18 Å². The fraction of sp³-hybridized carbons (Fsp3) is 0.391. The highest BCUT2D eigenvalue weighted by molar-refractivity contribution is 7.17. The molecule has 1 N–H and O–H groups in total. The number of aryl methyl sites for hydroxylation is 2. The van der Waals surface area contributed by atoms with E-state index in [-0.39, 0.29) is 23.7 Å². The van der Waals surface area contributed by atoms with Crippen LogP contribution in [0.5, 0.6) is 0 Å². The van der Waals surface area contributed by atoms with Crippen LogP contribution < -0.4 is 5.32 Å². The van der Waals surface area contributed by atoms with Crippen molar-refractivity contribution >= 4 is 17.2 Å². The molecule has 0 aliphatic heterocycles. The molecule has 1 aromatic carbocycles. The first kappa shape index (κ1) is 19.8. The van der Waals surface area contributed by atoms with Crippen molar-refractivity contribution in [2.24, 2.45) is 7.05 Å². The lowest BCUT2D eigenvalue weighted by molar-refractivity contribution is 0.0925. The quantitative estimate of drug-likeness (QED) is 0.619. The van der Waals surface area contributed by atoms with Gasteiger partial charge >= 0.3 is 0 Å². The minimum Gasteiger partial charge on any atom is -0.348 e. The normalized spacial score (nSPS) is 19.3. The van der Waals surface area contributed by atoms with Crippen LogP contribution in [0.1, 0.15) is 59.3 Å². The average Bonchev–Trinajstić information content (AvgIpc) is 3.34. The van der Waals surface area contributed by atoms with E-state index in [0.29, 0.717) is 4.88 Å². The summed E-state index contributed by atoms with van der Waals surface area (Å²) in [6, 6.07) is 10.7. The van der Waals surface area contributed by atoms with E-state index in [1.54, 1.807) is 12.1 Å². The van der Waals surface area contributed by atoms with Gasteiger partial charge < -0.3 is 5.32 Å². The topological polar surface area (TPSA) is 46.9 Å². The monoisotopic (exact) mass is 411 g/mol. The van der Waals surface area contributed by atoms with Gasteiger partial charge in [0.1, 0.15) is 5.82 Å². The number of amides is 1. The molecule has 0 bridgehead atoms. The minimum absolute atomic E-state index is 0.0338. The fourth-order valence-corrected chi connectivity index (χ4v) is 5.35. The third-order valence-electron chi connectivity index (χ3n) is 5.82. The van der Waals surface area contributed by atoms with Crippen molar-refractivity contribution in [3.63, 3.8) is 0 Å². The van der Waals surface area contributed by atoms with Gasteiger partial charge in [-0.3, -0.25) is 9.48 Å². The second-order valence-corrected chi connectivity index (χ2v) is 8.77. The van der Waals surface area contributed by atoms with Crippen LogP contribution in [0, 0.1) is 5.82 Å². The Labute approximate surface area is 174 Å². The molecule has 29 heavy (non-hydrogen) atoms. The Kier molecular flexibility index (Phi) is 5.81. The first-order chi connectivity index (χ1) is 14.1. The summed E-state index contributed by atoms with van der Waals surface area (Å²) in [5.74, 6) is -0.106. The summed E-state index contributed by atoms with van der Waals surface area (Å²) in [5, 5.41) is 7.59. The molecule has 0 radical (unpaired) electrons. The molecule has 1 aliphatic carbocycles. The van der Waals surface area contributed by atoms with Crippen molar-refractivity contribution in [2.45, 2.75) is 51.0 Å². The van der Waals surface area contributed by atoms with Crippen LogP contribution in [-0.2, 0) is 13.5 Å². The zero-order valence-corrected chi connectivity index (χ0v) is 17.6.